The van der Waals surface area contributed by atoms with Gasteiger partial charge in [-0.1, -0.05) is 0 Å². The summed E-state index contributed by atoms with van der Waals surface area (Å²) in [6, 6.07) is 0.733. The van der Waals surface area contributed by atoms with E-state index in [1.165, 1.54) is 7.11 Å². The highest BCUT2D eigenvalue weighted by Crippen LogP contribution is 2.33. The molecular weight excluding hydrogens is 219 g/mol. The summed E-state index contributed by atoms with van der Waals surface area (Å²) in [5.41, 5.74) is -0.207. The van der Waals surface area contributed by atoms with E-state index in [-0.39, 0.29) is 17.2 Å². The minimum absolute atomic E-state index is 0.207. The van der Waals surface area contributed by atoms with Gasteiger partial charge in [0.1, 0.15) is 0 Å². The van der Waals surface area contributed by atoms with Crippen LogP contribution in [0.4, 0.5) is 13.2 Å². The number of rotatable bonds is 2. The maximum Gasteiger partial charge on any atom is 0.171 e. The van der Waals surface area contributed by atoms with Crippen molar-refractivity contribution in [3.63, 3.8) is 0 Å². The Kier molecular flexibility index (Phi) is 3.05. The van der Waals surface area contributed by atoms with Crippen molar-refractivity contribution in [1.82, 2.24) is 5.32 Å². The predicted molar refractivity (Wildman–Crippen MR) is 53.1 cm³/mol. The summed E-state index contributed by atoms with van der Waals surface area (Å²) in [5.74, 6) is -3.55. The third kappa shape index (κ3) is 1.75. The quantitative estimate of drug-likeness (QED) is 0.788. The molecule has 2 rings (SSSR count). The highest BCUT2D eigenvalue weighted by Gasteiger charge is 2.28. The second-order valence-electron chi connectivity index (χ2n) is 3.79. The van der Waals surface area contributed by atoms with Gasteiger partial charge in [0, 0.05) is 24.1 Å². The Morgan fingerprint density at radius 1 is 1.31 bits per heavy atom. The molecule has 0 saturated carbocycles. The van der Waals surface area contributed by atoms with Gasteiger partial charge in [0.05, 0.1) is 7.11 Å². The molecule has 1 atom stereocenters. The van der Waals surface area contributed by atoms with Crippen molar-refractivity contribution in [2.45, 2.75) is 12.3 Å². The van der Waals surface area contributed by atoms with Crippen LogP contribution in [0.15, 0.2) is 6.07 Å². The summed E-state index contributed by atoms with van der Waals surface area (Å²) >= 11 is 0. The first kappa shape index (κ1) is 11.3. The second kappa shape index (κ2) is 4.33. The lowest BCUT2D eigenvalue weighted by atomic mass is 9.96. The van der Waals surface area contributed by atoms with Crippen LogP contribution in [-0.2, 0) is 0 Å². The van der Waals surface area contributed by atoms with E-state index in [1.54, 1.807) is 0 Å². The third-order valence-corrected chi connectivity index (χ3v) is 2.85. The molecule has 1 saturated heterocycles. The zero-order valence-corrected chi connectivity index (χ0v) is 8.82. The van der Waals surface area contributed by atoms with Crippen molar-refractivity contribution in [2.75, 3.05) is 20.2 Å². The van der Waals surface area contributed by atoms with Crippen LogP contribution in [0.3, 0.4) is 0 Å². The van der Waals surface area contributed by atoms with Crippen LogP contribution >= 0.6 is 0 Å². The van der Waals surface area contributed by atoms with E-state index in [2.05, 4.69) is 10.1 Å². The maximum absolute atomic E-state index is 13.8. The molecule has 1 fully saturated rings. The molecule has 0 aromatic heterocycles. The number of nitrogens with one attached hydrogen (secondary N) is 1. The van der Waals surface area contributed by atoms with E-state index in [9.17, 15) is 13.2 Å². The van der Waals surface area contributed by atoms with Gasteiger partial charge < -0.3 is 10.1 Å². The van der Waals surface area contributed by atoms with Crippen molar-refractivity contribution in [2.24, 2.45) is 0 Å². The number of benzene rings is 1. The number of hydrogen-bond donors (Lipinski definition) is 1. The number of ether oxygens (including phenoxy) is 1. The molecule has 0 bridgehead atoms. The molecule has 0 amide bonds. The highest BCUT2D eigenvalue weighted by atomic mass is 19.2. The van der Waals surface area contributed by atoms with E-state index in [0.29, 0.717) is 19.5 Å². The molecule has 0 spiro atoms. The fourth-order valence-corrected chi connectivity index (χ4v) is 2.01. The standard InChI is InChI=1S/C11H12F3NO/c1-16-8-4-7(12)10(13)9(11(8)14)6-2-3-15-5-6/h4,6,15H,2-3,5H2,1H3. The Balaban J connectivity index is 2.52. The molecule has 0 aliphatic carbocycles. The van der Waals surface area contributed by atoms with Gasteiger partial charge in [0.25, 0.3) is 0 Å². The van der Waals surface area contributed by atoms with Crippen LogP contribution in [0.2, 0.25) is 0 Å². The molecule has 1 unspecified atom stereocenters. The first-order chi connectivity index (χ1) is 7.65. The van der Waals surface area contributed by atoms with Crippen LogP contribution in [0.5, 0.6) is 5.75 Å². The van der Waals surface area contributed by atoms with E-state index in [0.717, 1.165) is 6.07 Å². The summed E-state index contributed by atoms with van der Waals surface area (Å²) in [6.07, 6.45) is 0.598. The van der Waals surface area contributed by atoms with Gasteiger partial charge in [0.15, 0.2) is 23.2 Å². The van der Waals surface area contributed by atoms with Gasteiger partial charge in [-0.3, -0.25) is 0 Å². The van der Waals surface area contributed by atoms with Crippen molar-refractivity contribution >= 4 is 0 Å². The van der Waals surface area contributed by atoms with Crippen molar-refractivity contribution < 1.29 is 17.9 Å². The first-order valence-corrected chi connectivity index (χ1v) is 5.07. The summed E-state index contributed by atoms with van der Waals surface area (Å²) in [7, 11) is 1.23. The van der Waals surface area contributed by atoms with E-state index >= 15 is 0 Å². The molecule has 1 aliphatic heterocycles. The fraction of sp³-hybridized carbons (Fsp3) is 0.455. The Morgan fingerprint density at radius 3 is 2.62 bits per heavy atom. The Hall–Kier alpha value is -1.23. The molecule has 0 radical (unpaired) electrons. The van der Waals surface area contributed by atoms with Gasteiger partial charge >= 0.3 is 0 Å². The summed E-state index contributed by atoms with van der Waals surface area (Å²) in [5, 5.41) is 2.99. The van der Waals surface area contributed by atoms with Crippen LogP contribution in [-0.4, -0.2) is 20.2 Å². The number of hydrogen-bond acceptors (Lipinski definition) is 2. The lowest BCUT2D eigenvalue weighted by Gasteiger charge is -2.14. The largest absolute Gasteiger partial charge is 0.494 e. The van der Waals surface area contributed by atoms with E-state index in [1.807, 2.05) is 0 Å². The third-order valence-electron chi connectivity index (χ3n) is 2.85. The van der Waals surface area contributed by atoms with Crippen molar-refractivity contribution in [3.05, 3.63) is 29.1 Å². The first-order valence-electron chi connectivity index (χ1n) is 5.07. The zero-order chi connectivity index (χ0) is 11.7. The Morgan fingerprint density at radius 2 is 2.06 bits per heavy atom. The molecule has 1 heterocycles. The van der Waals surface area contributed by atoms with Crippen molar-refractivity contribution in [3.8, 4) is 5.75 Å². The fourth-order valence-electron chi connectivity index (χ4n) is 2.01. The molecule has 1 aliphatic rings. The Bertz CT molecular complexity index is 403. The van der Waals surface area contributed by atoms with Crippen LogP contribution in [0.1, 0.15) is 17.9 Å². The molecule has 1 aromatic rings. The topological polar surface area (TPSA) is 21.3 Å². The monoisotopic (exact) mass is 231 g/mol. The maximum atomic E-state index is 13.8. The van der Waals surface area contributed by atoms with E-state index in [4.69, 9.17) is 0 Å². The van der Waals surface area contributed by atoms with Gasteiger partial charge in [-0.25, -0.2) is 13.2 Å². The molecule has 5 heteroatoms. The molecule has 88 valence electrons. The Labute approximate surface area is 91.4 Å². The van der Waals surface area contributed by atoms with E-state index < -0.39 is 17.5 Å². The summed E-state index contributed by atoms with van der Waals surface area (Å²) in [4.78, 5) is 0. The number of halogens is 3. The molecule has 16 heavy (non-hydrogen) atoms. The van der Waals surface area contributed by atoms with Gasteiger partial charge in [0.2, 0.25) is 0 Å². The van der Waals surface area contributed by atoms with Gasteiger partial charge in [-0.05, 0) is 13.0 Å². The lowest BCUT2D eigenvalue weighted by Crippen LogP contribution is -2.12. The highest BCUT2D eigenvalue weighted by molar-refractivity contribution is 5.36. The normalized spacial score (nSPS) is 20.1. The molecule has 1 N–H and O–H groups in total. The minimum atomic E-state index is -1.10. The predicted octanol–water partition coefficient (Wildman–Crippen LogP) is 2.19. The molecular formula is C11H12F3NO. The van der Waals surface area contributed by atoms with Crippen LogP contribution < -0.4 is 10.1 Å². The van der Waals surface area contributed by atoms with Crippen LogP contribution in [0.25, 0.3) is 0 Å². The molecule has 1 aromatic carbocycles. The average molecular weight is 231 g/mol. The minimum Gasteiger partial charge on any atom is -0.494 e. The lowest BCUT2D eigenvalue weighted by molar-refractivity contribution is 0.368. The zero-order valence-electron chi connectivity index (χ0n) is 8.82. The second-order valence-corrected chi connectivity index (χ2v) is 3.79. The van der Waals surface area contributed by atoms with Crippen LogP contribution in [0, 0.1) is 17.5 Å². The SMILES string of the molecule is COc1cc(F)c(F)c(C2CCNC2)c1F. The van der Waals surface area contributed by atoms with Gasteiger partial charge in [-0.15, -0.1) is 0 Å². The van der Waals surface area contributed by atoms with Gasteiger partial charge in [-0.2, -0.15) is 0 Å². The van der Waals surface area contributed by atoms with Crippen molar-refractivity contribution in [1.29, 1.82) is 0 Å². The summed E-state index contributed by atoms with van der Waals surface area (Å²) < 4.78 is 45.2. The summed E-state index contributed by atoms with van der Waals surface area (Å²) in [6.45, 7) is 1.14. The smallest absolute Gasteiger partial charge is 0.171 e. The molecule has 2 nitrogen and oxygen atoms in total. The number of methoxy groups -OCH3 is 1. The average Bonchev–Trinajstić information content (AvgIpc) is 2.77.